The number of hydrogen-bond acceptors (Lipinski definition) is 5. The van der Waals surface area contributed by atoms with Crippen LogP contribution in [0.25, 0.3) is 11.5 Å². The lowest BCUT2D eigenvalue weighted by Crippen LogP contribution is -2.15. The predicted octanol–water partition coefficient (Wildman–Crippen LogP) is 3.44. The van der Waals surface area contributed by atoms with Crippen LogP contribution >= 0.6 is 0 Å². The Balaban J connectivity index is 1.74. The summed E-state index contributed by atoms with van der Waals surface area (Å²) in [5.74, 6) is 1.82. The number of hydrogen-bond donors (Lipinski definition) is 1. The molecule has 3 aromatic rings. The van der Waals surface area contributed by atoms with Gasteiger partial charge in [-0.3, -0.25) is 4.79 Å². The molecule has 23 heavy (non-hydrogen) atoms. The van der Waals surface area contributed by atoms with Crippen LogP contribution in [0.4, 0.5) is 5.69 Å². The SMILES string of the molecule is Cc1cnc(-c2cccc(NC(=O)Cc3c(C)noc3C)c2)o1. The van der Waals surface area contributed by atoms with Crippen LogP contribution in [-0.4, -0.2) is 16.0 Å². The molecule has 0 unspecified atom stereocenters. The number of carbonyl (C=O) groups is 1. The molecule has 0 aliphatic heterocycles. The maximum Gasteiger partial charge on any atom is 0.228 e. The molecule has 1 N–H and O–H groups in total. The number of amides is 1. The van der Waals surface area contributed by atoms with Crippen LogP contribution in [0.15, 0.2) is 39.4 Å². The second kappa shape index (κ2) is 6.08. The molecule has 0 saturated heterocycles. The Morgan fingerprint density at radius 2 is 2.09 bits per heavy atom. The Bertz CT molecular complexity index is 829. The quantitative estimate of drug-likeness (QED) is 0.798. The van der Waals surface area contributed by atoms with Gasteiger partial charge in [0, 0.05) is 16.8 Å². The molecule has 0 atom stereocenters. The fourth-order valence-electron chi connectivity index (χ4n) is 2.34. The molecule has 0 fully saturated rings. The van der Waals surface area contributed by atoms with Crippen molar-refractivity contribution in [3.63, 3.8) is 0 Å². The lowest BCUT2D eigenvalue weighted by Gasteiger charge is -2.06. The van der Waals surface area contributed by atoms with E-state index in [1.807, 2.05) is 38.1 Å². The normalized spacial score (nSPS) is 10.7. The van der Waals surface area contributed by atoms with E-state index >= 15 is 0 Å². The summed E-state index contributed by atoms with van der Waals surface area (Å²) in [6, 6.07) is 7.39. The molecule has 0 spiro atoms. The maximum atomic E-state index is 12.2. The third kappa shape index (κ3) is 3.31. The van der Waals surface area contributed by atoms with Crippen molar-refractivity contribution >= 4 is 11.6 Å². The lowest BCUT2D eigenvalue weighted by atomic mass is 10.1. The van der Waals surface area contributed by atoms with Crippen molar-refractivity contribution in [2.75, 3.05) is 5.32 Å². The van der Waals surface area contributed by atoms with Gasteiger partial charge >= 0.3 is 0 Å². The van der Waals surface area contributed by atoms with Crippen LogP contribution in [-0.2, 0) is 11.2 Å². The molecule has 0 bridgehead atoms. The molecule has 1 amide bonds. The van der Waals surface area contributed by atoms with E-state index in [-0.39, 0.29) is 12.3 Å². The van der Waals surface area contributed by atoms with Gasteiger partial charge < -0.3 is 14.3 Å². The number of anilines is 1. The van der Waals surface area contributed by atoms with Gasteiger partial charge in [0.15, 0.2) is 0 Å². The molecule has 0 saturated carbocycles. The number of nitrogens with zero attached hydrogens (tertiary/aromatic N) is 2. The summed E-state index contributed by atoms with van der Waals surface area (Å²) < 4.78 is 10.6. The highest BCUT2D eigenvalue weighted by Gasteiger charge is 2.14. The summed E-state index contributed by atoms with van der Waals surface area (Å²) in [7, 11) is 0. The number of rotatable bonds is 4. The van der Waals surface area contributed by atoms with Gasteiger partial charge in [-0.05, 0) is 39.0 Å². The summed E-state index contributed by atoms with van der Waals surface area (Å²) in [6.07, 6.45) is 1.89. The van der Waals surface area contributed by atoms with E-state index in [2.05, 4.69) is 15.5 Å². The van der Waals surface area contributed by atoms with Crippen molar-refractivity contribution in [2.24, 2.45) is 0 Å². The molecular weight excluding hydrogens is 294 g/mol. The summed E-state index contributed by atoms with van der Waals surface area (Å²) in [5, 5.41) is 6.73. The van der Waals surface area contributed by atoms with Crippen LogP contribution < -0.4 is 5.32 Å². The van der Waals surface area contributed by atoms with Crippen molar-refractivity contribution in [2.45, 2.75) is 27.2 Å². The number of carbonyl (C=O) groups excluding carboxylic acids is 1. The molecular formula is C17H17N3O3. The summed E-state index contributed by atoms with van der Waals surface area (Å²) in [4.78, 5) is 16.4. The molecule has 0 aliphatic rings. The van der Waals surface area contributed by atoms with E-state index in [1.54, 1.807) is 13.1 Å². The Labute approximate surface area is 133 Å². The van der Waals surface area contributed by atoms with E-state index in [9.17, 15) is 4.79 Å². The minimum atomic E-state index is -0.125. The molecule has 118 valence electrons. The van der Waals surface area contributed by atoms with Gasteiger partial charge in [0.2, 0.25) is 11.8 Å². The fraction of sp³-hybridized carbons (Fsp3) is 0.235. The van der Waals surface area contributed by atoms with Crippen LogP contribution in [0.5, 0.6) is 0 Å². The highest BCUT2D eigenvalue weighted by atomic mass is 16.5. The van der Waals surface area contributed by atoms with Crippen molar-refractivity contribution in [3.05, 3.63) is 53.2 Å². The molecule has 0 aliphatic carbocycles. The highest BCUT2D eigenvalue weighted by Crippen LogP contribution is 2.22. The first-order chi connectivity index (χ1) is 11.0. The van der Waals surface area contributed by atoms with Gasteiger partial charge in [0.25, 0.3) is 0 Å². The maximum absolute atomic E-state index is 12.2. The number of benzene rings is 1. The first kappa shape index (κ1) is 15.0. The first-order valence-electron chi connectivity index (χ1n) is 7.27. The zero-order valence-corrected chi connectivity index (χ0v) is 13.2. The Morgan fingerprint density at radius 1 is 1.26 bits per heavy atom. The fourth-order valence-corrected chi connectivity index (χ4v) is 2.34. The number of aryl methyl sites for hydroxylation is 3. The molecule has 0 radical (unpaired) electrons. The van der Waals surface area contributed by atoms with Gasteiger partial charge in [-0.25, -0.2) is 4.98 Å². The van der Waals surface area contributed by atoms with Crippen molar-refractivity contribution in [3.8, 4) is 11.5 Å². The van der Waals surface area contributed by atoms with Gasteiger partial charge in [0.05, 0.1) is 18.3 Å². The van der Waals surface area contributed by atoms with Crippen LogP contribution in [0, 0.1) is 20.8 Å². The van der Waals surface area contributed by atoms with Crippen molar-refractivity contribution in [1.82, 2.24) is 10.1 Å². The number of nitrogens with one attached hydrogen (secondary N) is 1. The third-order valence-electron chi connectivity index (χ3n) is 3.53. The van der Waals surface area contributed by atoms with E-state index in [0.717, 1.165) is 22.6 Å². The molecule has 3 rings (SSSR count). The average Bonchev–Trinajstić information content (AvgIpc) is 3.08. The van der Waals surface area contributed by atoms with Crippen LogP contribution in [0.3, 0.4) is 0 Å². The molecule has 2 aromatic heterocycles. The standard InChI is InChI=1S/C17H17N3O3/c1-10-9-18-17(22-10)13-5-4-6-14(7-13)19-16(21)8-15-11(2)20-23-12(15)3/h4-7,9H,8H2,1-3H3,(H,19,21). The minimum Gasteiger partial charge on any atom is -0.441 e. The van der Waals surface area contributed by atoms with E-state index in [1.165, 1.54) is 0 Å². The number of aromatic nitrogens is 2. The Kier molecular flexibility index (Phi) is 3.97. The van der Waals surface area contributed by atoms with Gasteiger partial charge in [-0.15, -0.1) is 0 Å². The predicted molar refractivity (Wildman–Crippen MR) is 85.0 cm³/mol. The van der Waals surface area contributed by atoms with Crippen molar-refractivity contribution < 1.29 is 13.7 Å². The minimum absolute atomic E-state index is 0.125. The number of oxazole rings is 1. The molecule has 2 heterocycles. The smallest absolute Gasteiger partial charge is 0.228 e. The molecule has 6 heteroatoms. The Hall–Kier alpha value is -2.89. The zero-order valence-electron chi connectivity index (χ0n) is 13.2. The zero-order chi connectivity index (χ0) is 16.4. The third-order valence-corrected chi connectivity index (χ3v) is 3.53. The topological polar surface area (TPSA) is 81.2 Å². The summed E-state index contributed by atoms with van der Waals surface area (Å²) in [6.45, 7) is 5.46. The van der Waals surface area contributed by atoms with Gasteiger partial charge in [-0.2, -0.15) is 0 Å². The summed E-state index contributed by atoms with van der Waals surface area (Å²) >= 11 is 0. The second-order valence-electron chi connectivity index (χ2n) is 5.38. The van der Waals surface area contributed by atoms with Gasteiger partial charge in [0.1, 0.15) is 11.5 Å². The van der Waals surface area contributed by atoms with Gasteiger partial charge in [-0.1, -0.05) is 11.2 Å². The van der Waals surface area contributed by atoms with E-state index in [4.69, 9.17) is 8.94 Å². The van der Waals surface area contributed by atoms with Crippen LogP contribution in [0.2, 0.25) is 0 Å². The largest absolute Gasteiger partial charge is 0.441 e. The Morgan fingerprint density at radius 3 is 2.74 bits per heavy atom. The first-order valence-corrected chi connectivity index (χ1v) is 7.27. The highest BCUT2D eigenvalue weighted by molar-refractivity contribution is 5.93. The monoisotopic (exact) mass is 311 g/mol. The van der Waals surface area contributed by atoms with Crippen LogP contribution in [0.1, 0.15) is 22.8 Å². The molecule has 6 nitrogen and oxygen atoms in total. The van der Waals surface area contributed by atoms with Crippen molar-refractivity contribution in [1.29, 1.82) is 0 Å². The molecule has 1 aromatic carbocycles. The lowest BCUT2D eigenvalue weighted by molar-refractivity contribution is -0.115. The summed E-state index contributed by atoms with van der Waals surface area (Å²) in [5.41, 5.74) is 3.06. The second-order valence-corrected chi connectivity index (χ2v) is 5.38. The van der Waals surface area contributed by atoms with E-state index < -0.39 is 0 Å². The average molecular weight is 311 g/mol. The van der Waals surface area contributed by atoms with E-state index in [0.29, 0.717) is 17.3 Å².